The van der Waals surface area contributed by atoms with Gasteiger partial charge in [-0.25, -0.2) is 4.79 Å². The molecule has 2 heterocycles. The smallest absolute Gasteiger partial charge is 0.338 e. The average Bonchev–Trinajstić information content (AvgIpc) is 3.17. The first-order valence-electron chi connectivity index (χ1n) is 8.39. The topological polar surface area (TPSA) is 84.7 Å². The third kappa shape index (κ3) is 4.37. The Labute approximate surface area is 155 Å². The monoisotopic (exact) mass is 375 g/mol. The molecular weight excluding hydrogens is 354 g/mol. The number of nitrogens with zero attached hydrogens (tertiary/aromatic N) is 3. The minimum Gasteiger partial charge on any atom is -0.497 e. The van der Waals surface area contributed by atoms with Gasteiger partial charge in [-0.15, -0.1) is 11.8 Å². The van der Waals surface area contributed by atoms with E-state index in [1.807, 2.05) is 29.2 Å². The lowest BCUT2D eigenvalue weighted by atomic mass is 10.1. The van der Waals surface area contributed by atoms with Crippen LogP contribution < -0.4 is 4.74 Å². The van der Waals surface area contributed by atoms with Gasteiger partial charge < -0.3 is 14.7 Å². The van der Waals surface area contributed by atoms with Crippen molar-refractivity contribution in [2.24, 2.45) is 0 Å². The Kier molecular flexibility index (Phi) is 5.82. The number of aromatic nitrogens is 2. The molecule has 1 aromatic carbocycles. The summed E-state index contributed by atoms with van der Waals surface area (Å²) in [6.07, 6.45) is 4.48. The summed E-state index contributed by atoms with van der Waals surface area (Å²) in [6.45, 7) is 1.32. The number of rotatable bonds is 6. The normalized spacial score (nSPS) is 15.0. The van der Waals surface area contributed by atoms with Crippen molar-refractivity contribution in [1.82, 2.24) is 14.7 Å². The first-order valence-corrected chi connectivity index (χ1v) is 9.37. The van der Waals surface area contributed by atoms with E-state index in [2.05, 4.69) is 5.10 Å². The van der Waals surface area contributed by atoms with Gasteiger partial charge in [0.25, 0.3) is 0 Å². The van der Waals surface area contributed by atoms with Crippen LogP contribution in [0.15, 0.2) is 41.6 Å². The molecule has 1 aliphatic rings. The van der Waals surface area contributed by atoms with Crippen molar-refractivity contribution in [1.29, 1.82) is 0 Å². The van der Waals surface area contributed by atoms with Crippen LogP contribution in [0.2, 0.25) is 0 Å². The Morgan fingerprint density at radius 2 is 1.96 bits per heavy atom. The lowest BCUT2D eigenvalue weighted by Gasteiger charge is -2.32. The number of benzene rings is 1. The maximum atomic E-state index is 12.4. The second kappa shape index (κ2) is 8.27. The van der Waals surface area contributed by atoms with Crippen LogP contribution >= 0.6 is 11.8 Å². The van der Waals surface area contributed by atoms with Gasteiger partial charge in [-0.3, -0.25) is 9.48 Å². The number of carboxylic acid groups (broad SMARTS) is 1. The molecular formula is C18H21N3O4S. The van der Waals surface area contributed by atoms with Crippen molar-refractivity contribution in [2.75, 3.05) is 26.0 Å². The molecule has 1 N–H and O–H groups in total. The molecule has 1 amide bonds. The molecule has 26 heavy (non-hydrogen) atoms. The zero-order chi connectivity index (χ0) is 18.5. The fourth-order valence-electron chi connectivity index (χ4n) is 2.94. The van der Waals surface area contributed by atoms with Crippen LogP contribution in [0, 0.1) is 0 Å². The second-order valence-electron chi connectivity index (χ2n) is 6.09. The maximum Gasteiger partial charge on any atom is 0.338 e. The number of carbonyl (C=O) groups excluding carboxylic acids is 1. The summed E-state index contributed by atoms with van der Waals surface area (Å²) in [5, 5.41) is 13.1. The van der Waals surface area contributed by atoms with Gasteiger partial charge in [-0.1, -0.05) is 0 Å². The van der Waals surface area contributed by atoms with Gasteiger partial charge in [0.2, 0.25) is 5.91 Å². The van der Waals surface area contributed by atoms with E-state index in [4.69, 9.17) is 9.84 Å². The highest BCUT2D eigenvalue weighted by molar-refractivity contribution is 8.00. The van der Waals surface area contributed by atoms with Crippen molar-refractivity contribution in [3.63, 3.8) is 0 Å². The third-order valence-corrected chi connectivity index (χ3v) is 5.46. The zero-order valence-corrected chi connectivity index (χ0v) is 15.3. The number of piperidine rings is 1. The Balaban J connectivity index is 1.47. The van der Waals surface area contributed by atoms with Crippen LogP contribution in [0.3, 0.4) is 0 Å². The summed E-state index contributed by atoms with van der Waals surface area (Å²) in [5.74, 6) is 0.352. The summed E-state index contributed by atoms with van der Waals surface area (Å²) < 4.78 is 6.83. The molecule has 8 heteroatoms. The standard InChI is InChI=1S/C18H21N3O4S/c1-25-15-2-4-16(5-3-15)26-12-17(22)20-8-6-14(7-9-20)21-11-13(10-19-21)18(23)24/h2-5,10-11,14H,6-9,12H2,1H3,(H,23,24). The van der Waals surface area contributed by atoms with Gasteiger partial charge in [0, 0.05) is 24.2 Å². The fourth-order valence-corrected chi connectivity index (χ4v) is 3.74. The molecule has 0 bridgehead atoms. The molecule has 1 aromatic heterocycles. The van der Waals surface area contributed by atoms with Gasteiger partial charge in [-0.2, -0.15) is 5.10 Å². The summed E-state index contributed by atoms with van der Waals surface area (Å²) >= 11 is 1.52. The fraction of sp³-hybridized carbons (Fsp3) is 0.389. The molecule has 0 radical (unpaired) electrons. The Morgan fingerprint density at radius 1 is 1.27 bits per heavy atom. The quantitative estimate of drug-likeness (QED) is 0.781. The molecule has 7 nitrogen and oxygen atoms in total. The summed E-state index contributed by atoms with van der Waals surface area (Å²) in [7, 11) is 1.63. The molecule has 1 saturated heterocycles. The van der Waals surface area contributed by atoms with E-state index >= 15 is 0 Å². The maximum absolute atomic E-state index is 12.4. The van der Waals surface area contributed by atoms with Gasteiger partial charge in [0.15, 0.2) is 0 Å². The first kappa shape index (κ1) is 18.3. The highest BCUT2D eigenvalue weighted by atomic mass is 32.2. The van der Waals surface area contributed by atoms with Crippen molar-refractivity contribution in [3.05, 3.63) is 42.2 Å². The highest BCUT2D eigenvalue weighted by Crippen LogP contribution is 2.25. The van der Waals surface area contributed by atoms with E-state index in [0.29, 0.717) is 18.8 Å². The van der Waals surface area contributed by atoms with Crippen LogP contribution in [-0.4, -0.2) is 57.6 Å². The Morgan fingerprint density at radius 3 is 2.54 bits per heavy atom. The zero-order valence-electron chi connectivity index (χ0n) is 14.5. The van der Waals surface area contributed by atoms with Crippen LogP contribution in [-0.2, 0) is 4.79 Å². The highest BCUT2D eigenvalue weighted by Gasteiger charge is 2.24. The number of methoxy groups -OCH3 is 1. The van der Waals surface area contributed by atoms with E-state index in [-0.39, 0.29) is 17.5 Å². The van der Waals surface area contributed by atoms with Crippen LogP contribution in [0.4, 0.5) is 0 Å². The van der Waals surface area contributed by atoms with Crippen molar-refractivity contribution in [3.8, 4) is 5.75 Å². The van der Waals surface area contributed by atoms with Crippen molar-refractivity contribution < 1.29 is 19.4 Å². The number of ether oxygens (including phenoxy) is 1. The average molecular weight is 375 g/mol. The third-order valence-electron chi connectivity index (χ3n) is 4.46. The number of likely N-dealkylation sites (tertiary alicyclic amines) is 1. The first-order chi connectivity index (χ1) is 12.6. The van der Waals surface area contributed by atoms with Crippen LogP contribution in [0.25, 0.3) is 0 Å². The number of carboxylic acids is 1. The molecule has 0 atom stereocenters. The van der Waals surface area contributed by atoms with E-state index in [0.717, 1.165) is 23.5 Å². The second-order valence-corrected chi connectivity index (χ2v) is 7.14. The van der Waals surface area contributed by atoms with Crippen LogP contribution in [0.5, 0.6) is 5.75 Å². The van der Waals surface area contributed by atoms with Crippen LogP contribution in [0.1, 0.15) is 29.2 Å². The van der Waals surface area contributed by atoms with Gasteiger partial charge in [0.1, 0.15) is 5.75 Å². The minimum atomic E-state index is -0.973. The molecule has 3 rings (SSSR count). The number of thioether (sulfide) groups is 1. The molecule has 0 aliphatic carbocycles. The van der Waals surface area contributed by atoms with E-state index in [9.17, 15) is 9.59 Å². The van der Waals surface area contributed by atoms with E-state index in [1.54, 1.807) is 18.0 Å². The number of hydrogen-bond acceptors (Lipinski definition) is 5. The summed E-state index contributed by atoms with van der Waals surface area (Å²) in [6, 6.07) is 7.80. The summed E-state index contributed by atoms with van der Waals surface area (Å²) in [4.78, 5) is 26.3. The van der Waals surface area contributed by atoms with Gasteiger partial charge in [-0.05, 0) is 37.1 Å². The molecule has 0 spiro atoms. The molecule has 1 fully saturated rings. The number of amides is 1. The molecule has 0 saturated carbocycles. The van der Waals surface area contributed by atoms with Crippen molar-refractivity contribution in [2.45, 2.75) is 23.8 Å². The lowest BCUT2D eigenvalue weighted by molar-refractivity contribution is -0.129. The number of aromatic carboxylic acids is 1. The number of carbonyl (C=O) groups is 2. The van der Waals surface area contributed by atoms with Crippen molar-refractivity contribution >= 4 is 23.6 Å². The predicted molar refractivity (Wildman–Crippen MR) is 97.8 cm³/mol. The SMILES string of the molecule is COc1ccc(SCC(=O)N2CCC(n3cc(C(=O)O)cn3)CC2)cc1. The summed E-state index contributed by atoms with van der Waals surface area (Å²) in [5.41, 5.74) is 0.194. The van der Waals surface area contributed by atoms with Gasteiger partial charge >= 0.3 is 5.97 Å². The molecule has 138 valence electrons. The predicted octanol–water partition coefficient (Wildman–Crippen LogP) is 2.55. The Bertz CT molecular complexity index is 767. The van der Waals surface area contributed by atoms with E-state index in [1.165, 1.54) is 18.0 Å². The molecule has 2 aromatic rings. The largest absolute Gasteiger partial charge is 0.497 e. The van der Waals surface area contributed by atoms with E-state index < -0.39 is 5.97 Å². The minimum absolute atomic E-state index is 0.121. The molecule has 0 unspecified atom stereocenters. The molecule has 1 aliphatic heterocycles. The van der Waals surface area contributed by atoms with Gasteiger partial charge in [0.05, 0.1) is 30.7 Å². The Hall–Kier alpha value is -2.48. The number of hydrogen-bond donors (Lipinski definition) is 1. The lowest BCUT2D eigenvalue weighted by Crippen LogP contribution is -2.40.